The molecule has 1 aliphatic rings. The van der Waals surface area contributed by atoms with Crippen LogP contribution in [0.1, 0.15) is 33.6 Å². The number of hydrogen-bond acceptors (Lipinski definition) is 4. The number of carbonyl (C=O) groups excluding carboxylic acids is 1. The van der Waals surface area contributed by atoms with Crippen LogP contribution in [0.2, 0.25) is 0 Å². The van der Waals surface area contributed by atoms with Crippen molar-refractivity contribution in [1.82, 2.24) is 20.0 Å². The Hall–Kier alpha value is -0.850. The molecule has 6 nitrogen and oxygen atoms in total. The van der Waals surface area contributed by atoms with Gasteiger partial charge in [0.05, 0.1) is 6.10 Å². The first-order valence-corrected chi connectivity index (χ1v) is 8.42. The van der Waals surface area contributed by atoms with E-state index in [4.69, 9.17) is 0 Å². The molecule has 1 heterocycles. The van der Waals surface area contributed by atoms with Crippen LogP contribution in [0.4, 0.5) is 4.79 Å². The molecule has 1 atom stereocenters. The lowest BCUT2D eigenvalue weighted by Crippen LogP contribution is -2.52. The quantitative estimate of drug-likeness (QED) is 0.730. The predicted molar refractivity (Wildman–Crippen MR) is 90.1 cm³/mol. The second kappa shape index (κ2) is 9.33. The molecule has 1 aliphatic heterocycles. The first kappa shape index (κ1) is 19.2. The summed E-state index contributed by atoms with van der Waals surface area (Å²) in [4.78, 5) is 18.7. The number of hydrogen-bond donors (Lipinski definition) is 2. The Bertz CT molecular complexity index is 326. The number of piperidine rings is 1. The normalized spacial score (nSPS) is 18.7. The summed E-state index contributed by atoms with van der Waals surface area (Å²) in [6.07, 6.45) is 1.50. The molecule has 0 aliphatic carbocycles. The zero-order valence-corrected chi connectivity index (χ0v) is 14.9. The maximum absolute atomic E-state index is 12.4. The molecule has 0 radical (unpaired) electrons. The SMILES string of the molecule is CC(O)CN(C(=O)NC1CCN(CCN(C)C)CC1)C(C)C. The van der Waals surface area contributed by atoms with E-state index in [9.17, 15) is 9.90 Å². The minimum Gasteiger partial charge on any atom is -0.392 e. The Balaban J connectivity index is 2.37. The number of urea groups is 1. The molecule has 0 bridgehead atoms. The highest BCUT2D eigenvalue weighted by molar-refractivity contribution is 5.74. The summed E-state index contributed by atoms with van der Waals surface area (Å²) in [5.41, 5.74) is 0. The molecule has 2 amide bonds. The van der Waals surface area contributed by atoms with Gasteiger partial charge >= 0.3 is 6.03 Å². The van der Waals surface area contributed by atoms with Crippen molar-refractivity contribution in [2.75, 3.05) is 46.8 Å². The van der Waals surface area contributed by atoms with Crippen LogP contribution < -0.4 is 5.32 Å². The zero-order chi connectivity index (χ0) is 16.7. The molecule has 0 aromatic carbocycles. The monoisotopic (exact) mass is 314 g/mol. The molecule has 1 unspecified atom stereocenters. The number of nitrogens with one attached hydrogen (secondary N) is 1. The average molecular weight is 314 g/mol. The zero-order valence-electron chi connectivity index (χ0n) is 14.9. The molecular weight excluding hydrogens is 280 g/mol. The van der Waals surface area contributed by atoms with Crippen LogP contribution >= 0.6 is 0 Å². The second-order valence-corrected chi connectivity index (χ2v) is 6.96. The molecular formula is C16H34N4O2. The average Bonchev–Trinajstić information content (AvgIpc) is 2.43. The van der Waals surface area contributed by atoms with Crippen molar-refractivity contribution in [1.29, 1.82) is 0 Å². The van der Waals surface area contributed by atoms with Gasteiger partial charge in [0, 0.05) is 44.8 Å². The van der Waals surface area contributed by atoms with Crippen LogP contribution in [0, 0.1) is 0 Å². The van der Waals surface area contributed by atoms with Gasteiger partial charge in [-0.1, -0.05) is 0 Å². The molecule has 0 saturated carbocycles. The molecule has 1 rings (SSSR count). The van der Waals surface area contributed by atoms with Crippen molar-refractivity contribution in [3.05, 3.63) is 0 Å². The Morgan fingerprint density at radius 3 is 2.32 bits per heavy atom. The number of likely N-dealkylation sites (tertiary alicyclic amines) is 1. The van der Waals surface area contributed by atoms with Crippen LogP contribution in [0.3, 0.4) is 0 Å². The summed E-state index contributed by atoms with van der Waals surface area (Å²) in [6.45, 7) is 10.3. The van der Waals surface area contributed by atoms with E-state index in [1.54, 1.807) is 11.8 Å². The van der Waals surface area contributed by atoms with E-state index in [1.807, 2.05) is 13.8 Å². The summed E-state index contributed by atoms with van der Waals surface area (Å²) in [5.74, 6) is 0. The number of carbonyl (C=O) groups is 1. The van der Waals surface area contributed by atoms with Gasteiger partial charge in [-0.25, -0.2) is 4.79 Å². The first-order chi connectivity index (χ1) is 10.3. The number of rotatable bonds is 7. The maximum atomic E-state index is 12.4. The van der Waals surface area contributed by atoms with E-state index in [1.165, 1.54) is 0 Å². The highest BCUT2D eigenvalue weighted by Gasteiger charge is 2.24. The molecule has 1 saturated heterocycles. The van der Waals surface area contributed by atoms with Gasteiger partial charge in [0.2, 0.25) is 0 Å². The summed E-state index contributed by atoms with van der Waals surface area (Å²) >= 11 is 0. The lowest BCUT2D eigenvalue weighted by atomic mass is 10.1. The van der Waals surface area contributed by atoms with E-state index in [2.05, 4.69) is 29.2 Å². The van der Waals surface area contributed by atoms with E-state index in [-0.39, 0.29) is 18.1 Å². The van der Waals surface area contributed by atoms with E-state index in [0.717, 1.165) is 39.0 Å². The van der Waals surface area contributed by atoms with Gasteiger partial charge < -0.3 is 25.1 Å². The summed E-state index contributed by atoms with van der Waals surface area (Å²) in [5, 5.41) is 12.7. The molecule has 2 N–H and O–H groups in total. The third-order valence-corrected chi connectivity index (χ3v) is 4.12. The largest absolute Gasteiger partial charge is 0.392 e. The van der Waals surface area contributed by atoms with Gasteiger partial charge in [-0.05, 0) is 47.7 Å². The molecule has 130 valence electrons. The van der Waals surface area contributed by atoms with E-state index in [0.29, 0.717) is 6.54 Å². The minimum atomic E-state index is -0.499. The Morgan fingerprint density at radius 1 is 1.27 bits per heavy atom. The van der Waals surface area contributed by atoms with Crippen LogP contribution in [0.25, 0.3) is 0 Å². The molecule has 22 heavy (non-hydrogen) atoms. The molecule has 6 heteroatoms. The van der Waals surface area contributed by atoms with Crippen molar-refractivity contribution >= 4 is 6.03 Å². The van der Waals surface area contributed by atoms with Crippen LogP contribution in [0.15, 0.2) is 0 Å². The molecule has 0 aromatic heterocycles. The smallest absolute Gasteiger partial charge is 0.317 e. The molecule has 0 spiro atoms. The maximum Gasteiger partial charge on any atom is 0.317 e. The fourth-order valence-corrected chi connectivity index (χ4v) is 2.71. The summed E-state index contributed by atoms with van der Waals surface area (Å²) < 4.78 is 0. The fraction of sp³-hybridized carbons (Fsp3) is 0.938. The van der Waals surface area contributed by atoms with E-state index < -0.39 is 6.10 Å². The van der Waals surface area contributed by atoms with Crippen molar-refractivity contribution in [3.8, 4) is 0 Å². The fourth-order valence-electron chi connectivity index (χ4n) is 2.71. The van der Waals surface area contributed by atoms with Crippen molar-refractivity contribution in [3.63, 3.8) is 0 Å². The lowest BCUT2D eigenvalue weighted by Gasteiger charge is -2.35. The number of nitrogens with zero attached hydrogens (tertiary/aromatic N) is 3. The standard InChI is InChI=1S/C16H34N4O2/c1-13(2)20(12-14(3)21)16(22)17-15-6-8-19(9-7-15)11-10-18(4)5/h13-15,21H,6-12H2,1-5H3,(H,17,22). The van der Waals surface area contributed by atoms with Crippen molar-refractivity contribution in [2.24, 2.45) is 0 Å². The molecule has 1 fully saturated rings. The van der Waals surface area contributed by atoms with E-state index >= 15 is 0 Å². The van der Waals surface area contributed by atoms with Crippen molar-refractivity contribution in [2.45, 2.75) is 51.8 Å². The Morgan fingerprint density at radius 2 is 1.86 bits per heavy atom. The Labute approximate surface area is 135 Å². The van der Waals surface area contributed by atoms with Gasteiger partial charge in [0.1, 0.15) is 0 Å². The minimum absolute atomic E-state index is 0.0531. The van der Waals surface area contributed by atoms with Gasteiger partial charge in [0.25, 0.3) is 0 Å². The number of aliphatic hydroxyl groups excluding tert-OH is 1. The van der Waals surface area contributed by atoms with Crippen LogP contribution in [0.5, 0.6) is 0 Å². The van der Waals surface area contributed by atoms with Crippen LogP contribution in [-0.2, 0) is 0 Å². The third-order valence-electron chi connectivity index (χ3n) is 4.12. The Kier molecular flexibility index (Phi) is 8.14. The van der Waals surface area contributed by atoms with Crippen LogP contribution in [-0.4, -0.2) is 90.8 Å². The number of aliphatic hydroxyl groups is 1. The topological polar surface area (TPSA) is 59.1 Å². The third kappa shape index (κ3) is 6.94. The van der Waals surface area contributed by atoms with Gasteiger partial charge in [0.15, 0.2) is 0 Å². The summed E-state index contributed by atoms with van der Waals surface area (Å²) in [7, 11) is 4.19. The molecule has 0 aromatic rings. The second-order valence-electron chi connectivity index (χ2n) is 6.96. The van der Waals surface area contributed by atoms with Gasteiger partial charge in [-0.2, -0.15) is 0 Å². The van der Waals surface area contributed by atoms with Gasteiger partial charge in [-0.15, -0.1) is 0 Å². The highest BCUT2D eigenvalue weighted by atomic mass is 16.3. The lowest BCUT2D eigenvalue weighted by molar-refractivity contribution is 0.113. The highest BCUT2D eigenvalue weighted by Crippen LogP contribution is 2.11. The van der Waals surface area contributed by atoms with Gasteiger partial charge in [-0.3, -0.25) is 0 Å². The first-order valence-electron chi connectivity index (χ1n) is 8.42. The van der Waals surface area contributed by atoms with Crippen molar-refractivity contribution < 1.29 is 9.90 Å². The predicted octanol–water partition coefficient (Wildman–Crippen LogP) is 0.813. The number of likely N-dealkylation sites (N-methyl/N-ethyl adjacent to an activating group) is 1. The number of amides is 2. The summed E-state index contributed by atoms with van der Waals surface area (Å²) in [6, 6.07) is 0.288.